The van der Waals surface area contributed by atoms with Crippen molar-refractivity contribution in [2.24, 2.45) is 0 Å². The lowest BCUT2D eigenvalue weighted by atomic mass is 10.2. The Bertz CT molecular complexity index is 1540. The minimum absolute atomic E-state index is 0.369. The second-order valence-corrected chi connectivity index (χ2v) is 9.70. The van der Waals surface area contributed by atoms with Crippen LogP contribution in [-0.2, 0) is 0 Å². The fourth-order valence-electron chi connectivity index (χ4n) is 3.29. The van der Waals surface area contributed by atoms with Crippen LogP contribution in [-0.4, -0.2) is 32.5 Å². The van der Waals surface area contributed by atoms with Crippen molar-refractivity contribution < 1.29 is 9.59 Å². The molecule has 3 aromatic carbocycles. The molecule has 0 aliphatic rings. The molecule has 0 bridgehead atoms. The molecule has 184 valence electrons. The van der Waals surface area contributed by atoms with Crippen molar-refractivity contribution in [1.29, 1.82) is 0 Å². The third-order valence-corrected chi connectivity index (χ3v) is 6.85. The molecule has 5 aromatic rings. The fourth-order valence-corrected chi connectivity index (χ4v) is 4.78. The smallest absolute Gasteiger partial charge is 0.308 e. The van der Waals surface area contributed by atoms with Crippen molar-refractivity contribution >= 4 is 56.4 Å². The Kier molecular flexibility index (Phi) is 7.10. The molecule has 0 aliphatic heterocycles. The molecule has 37 heavy (non-hydrogen) atoms. The van der Waals surface area contributed by atoms with Crippen LogP contribution in [0.5, 0.6) is 0 Å². The Morgan fingerprint density at radius 1 is 0.622 bits per heavy atom. The topological polar surface area (TPSA) is 134 Å². The summed E-state index contributed by atoms with van der Waals surface area (Å²) in [4.78, 5) is 25.1. The summed E-state index contributed by atoms with van der Waals surface area (Å²) < 4.78 is 0. The predicted octanol–water partition coefficient (Wildman–Crippen LogP) is 6.32. The molecule has 4 N–H and O–H groups in total. The number of carbonyl (C=O) groups excluding carboxylic acids is 2. The monoisotopic (exact) mass is 528 g/mol. The highest BCUT2D eigenvalue weighted by molar-refractivity contribution is 7.19. The van der Waals surface area contributed by atoms with Gasteiger partial charge < -0.3 is 10.6 Å². The van der Waals surface area contributed by atoms with Crippen LogP contribution >= 0.6 is 22.7 Å². The van der Waals surface area contributed by atoms with E-state index in [1.54, 1.807) is 18.2 Å². The summed E-state index contributed by atoms with van der Waals surface area (Å²) in [6.07, 6.45) is 0. The summed E-state index contributed by atoms with van der Waals surface area (Å²) in [7, 11) is 0. The van der Waals surface area contributed by atoms with Crippen molar-refractivity contribution in [1.82, 2.24) is 20.4 Å². The number of aryl methyl sites for hydroxylation is 1. The van der Waals surface area contributed by atoms with Crippen molar-refractivity contribution in [3.05, 3.63) is 84.4 Å². The first-order valence-corrected chi connectivity index (χ1v) is 12.7. The number of urea groups is 2. The van der Waals surface area contributed by atoms with E-state index in [9.17, 15) is 9.59 Å². The summed E-state index contributed by atoms with van der Waals surface area (Å²) in [6.45, 7) is 1.85. The first kappa shape index (κ1) is 24.0. The average molecular weight is 529 g/mol. The Hall–Kier alpha value is -4.68. The first-order valence-electron chi connectivity index (χ1n) is 11.1. The highest BCUT2D eigenvalue weighted by Crippen LogP contribution is 2.28. The Morgan fingerprint density at radius 2 is 1.14 bits per heavy atom. The molecule has 2 heterocycles. The molecule has 0 saturated carbocycles. The quantitative estimate of drug-likeness (QED) is 0.204. The van der Waals surface area contributed by atoms with Gasteiger partial charge in [0.15, 0.2) is 0 Å². The van der Waals surface area contributed by atoms with E-state index in [1.165, 1.54) is 22.7 Å². The van der Waals surface area contributed by atoms with Gasteiger partial charge in [-0.15, -0.1) is 20.4 Å². The standard InChI is InChI=1S/C25H20N8O2S2/c1-15-12-13-18(26-22(34)28-24-32-30-20(36-24)16-8-4-2-5-9-16)14-19(15)27-23(35)29-25-33-31-21(37-25)17-10-6-3-7-11-17/h2-14H,1H3,(H2,26,28,32,34)(H2,27,29,33,35). The third kappa shape index (κ3) is 6.12. The molecule has 0 radical (unpaired) electrons. The minimum atomic E-state index is -0.475. The van der Waals surface area contributed by atoms with Gasteiger partial charge in [0.2, 0.25) is 10.3 Å². The van der Waals surface area contributed by atoms with Crippen LogP contribution in [0.2, 0.25) is 0 Å². The SMILES string of the molecule is Cc1ccc(NC(=O)Nc2nnc(-c3ccccc3)s2)cc1NC(=O)Nc1nnc(-c2ccccc2)s1. The maximum absolute atomic E-state index is 12.6. The van der Waals surface area contributed by atoms with Crippen LogP contribution in [0.4, 0.5) is 31.2 Å². The van der Waals surface area contributed by atoms with Gasteiger partial charge in [0.25, 0.3) is 0 Å². The molecule has 0 atom stereocenters. The zero-order valence-corrected chi connectivity index (χ0v) is 21.1. The summed E-state index contributed by atoms with van der Waals surface area (Å²) in [5.74, 6) is 0. The summed E-state index contributed by atoms with van der Waals surface area (Å²) in [6, 6.07) is 23.5. The van der Waals surface area contributed by atoms with Gasteiger partial charge in [-0.1, -0.05) is 89.4 Å². The van der Waals surface area contributed by atoms with Crippen LogP contribution in [0.3, 0.4) is 0 Å². The molecule has 0 saturated heterocycles. The van der Waals surface area contributed by atoms with E-state index < -0.39 is 12.1 Å². The van der Waals surface area contributed by atoms with E-state index in [0.29, 0.717) is 31.7 Å². The first-order chi connectivity index (χ1) is 18.0. The molecule has 0 aliphatic carbocycles. The van der Waals surface area contributed by atoms with Gasteiger partial charge in [-0.25, -0.2) is 9.59 Å². The zero-order valence-electron chi connectivity index (χ0n) is 19.4. The number of aromatic nitrogens is 4. The summed E-state index contributed by atoms with van der Waals surface area (Å²) in [5, 5.41) is 29.4. The molecule has 10 nitrogen and oxygen atoms in total. The second kappa shape index (κ2) is 10.9. The highest BCUT2D eigenvalue weighted by Gasteiger charge is 2.13. The van der Waals surface area contributed by atoms with Gasteiger partial charge in [0, 0.05) is 22.5 Å². The van der Waals surface area contributed by atoms with Crippen LogP contribution in [0.25, 0.3) is 21.1 Å². The van der Waals surface area contributed by atoms with Gasteiger partial charge in [0.1, 0.15) is 10.0 Å². The Morgan fingerprint density at radius 3 is 1.68 bits per heavy atom. The van der Waals surface area contributed by atoms with Crippen molar-refractivity contribution in [2.45, 2.75) is 6.92 Å². The van der Waals surface area contributed by atoms with Crippen LogP contribution in [0, 0.1) is 6.92 Å². The van der Waals surface area contributed by atoms with Crippen molar-refractivity contribution in [3.8, 4) is 21.1 Å². The van der Waals surface area contributed by atoms with Crippen LogP contribution < -0.4 is 21.3 Å². The van der Waals surface area contributed by atoms with Crippen LogP contribution in [0.15, 0.2) is 78.9 Å². The van der Waals surface area contributed by atoms with E-state index >= 15 is 0 Å². The molecule has 2 aromatic heterocycles. The predicted molar refractivity (Wildman–Crippen MR) is 147 cm³/mol. The number of benzene rings is 3. The molecule has 0 fully saturated rings. The zero-order chi connectivity index (χ0) is 25.6. The maximum Gasteiger partial charge on any atom is 0.325 e. The van der Waals surface area contributed by atoms with E-state index in [1.807, 2.05) is 67.6 Å². The van der Waals surface area contributed by atoms with E-state index in [-0.39, 0.29) is 0 Å². The third-order valence-electron chi connectivity index (χ3n) is 5.08. The van der Waals surface area contributed by atoms with E-state index in [0.717, 1.165) is 16.7 Å². The lowest BCUT2D eigenvalue weighted by Crippen LogP contribution is -2.21. The minimum Gasteiger partial charge on any atom is -0.308 e. The van der Waals surface area contributed by atoms with Crippen LogP contribution in [0.1, 0.15) is 5.56 Å². The molecular weight excluding hydrogens is 508 g/mol. The molecule has 12 heteroatoms. The number of anilines is 4. The lowest BCUT2D eigenvalue weighted by molar-refractivity contribution is 0.261. The van der Waals surface area contributed by atoms with E-state index in [2.05, 4.69) is 41.7 Å². The maximum atomic E-state index is 12.6. The molecule has 4 amide bonds. The van der Waals surface area contributed by atoms with Gasteiger partial charge in [0.05, 0.1) is 0 Å². The molecular formula is C25H20N8O2S2. The number of rotatable bonds is 6. The van der Waals surface area contributed by atoms with Crippen molar-refractivity contribution in [2.75, 3.05) is 21.3 Å². The second-order valence-electron chi connectivity index (χ2n) is 7.74. The number of nitrogens with zero attached hydrogens (tertiary/aromatic N) is 4. The Labute approximate surface area is 219 Å². The molecule has 0 spiro atoms. The fraction of sp³-hybridized carbons (Fsp3) is 0.0400. The van der Waals surface area contributed by atoms with Crippen molar-refractivity contribution in [3.63, 3.8) is 0 Å². The Balaban J connectivity index is 1.19. The van der Waals surface area contributed by atoms with Gasteiger partial charge in [-0.3, -0.25) is 10.6 Å². The highest BCUT2D eigenvalue weighted by atomic mass is 32.1. The summed E-state index contributed by atoms with van der Waals surface area (Å²) >= 11 is 2.54. The number of hydrogen-bond donors (Lipinski definition) is 4. The largest absolute Gasteiger partial charge is 0.325 e. The van der Waals surface area contributed by atoms with Gasteiger partial charge in [-0.05, 0) is 24.6 Å². The number of carbonyl (C=O) groups is 2. The number of amides is 4. The van der Waals surface area contributed by atoms with E-state index in [4.69, 9.17) is 0 Å². The summed E-state index contributed by atoms with van der Waals surface area (Å²) in [5.41, 5.74) is 3.69. The van der Waals surface area contributed by atoms with Gasteiger partial charge >= 0.3 is 12.1 Å². The normalized spacial score (nSPS) is 10.5. The average Bonchev–Trinajstić information content (AvgIpc) is 3.57. The van der Waals surface area contributed by atoms with Gasteiger partial charge in [-0.2, -0.15) is 0 Å². The number of hydrogen-bond acceptors (Lipinski definition) is 8. The molecule has 0 unspecified atom stereocenters. The number of nitrogens with one attached hydrogen (secondary N) is 4. The lowest BCUT2D eigenvalue weighted by Gasteiger charge is -2.11. The molecule has 5 rings (SSSR count).